The lowest BCUT2D eigenvalue weighted by atomic mass is 10.1. The van der Waals surface area contributed by atoms with Crippen LogP contribution in [0.5, 0.6) is 0 Å². The van der Waals surface area contributed by atoms with Gasteiger partial charge in [-0.1, -0.05) is 18.2 Å². The van der Waals surface area contributed by atoms with Crippen LogP contribution in [0.1, 0.15) is 37.1 Å². The van der Waals surface area contributed by atoms with Crippen LogP contribution in [-0.4, -0.2) is 51.0 Å². The lowest BCUT2D eigenvalue weighted by Gasteiger charge is -2.20. The van der Waals surface area contributed by atoms with Crippen LogP contribution < -0.4 is 21.9 Å². The van der Waals surface area contributed by atoms with Crippen molar-refractivity contribution in [1.82, 2.24) is 19.9 Å². The number of para-hydroxylation sites is 1. The van der Waals surface area contributed by atoms with Crippen LogP contribution >= 0.6 is 0 Å². The van der Waals surface area contributed by atoms with Gasteiger partial charge in [-0.3, -0.25) is 19.7 Å². The van der Waals surface area contributed by atoms with E-state index in [4.69, 9.17) is 15.5 Å². The molecule has 1 unspecified atom stereocenters. The number of allylic oxidation sites excluding steroid dienone is 1. The Morgan fingerprint density at radius 1 is 1.32 bits per heavy atom. The molecule has 0 radical (unpaired) electrons. The molecule has 1 saturated carbocycles. The number of carbonyl (C=O) groups is 2. The molecule has 2 atom stereocenters. The minimum atomic E-state index is -1.39. The predicted molar refractivity (Wildman–Crippen MR) is 138 cm³/mol. The molecule has 2 aromatic heterocycles. The van der Waals surface area contributed by atoms with E-state index in [0.29, 0.717) is 12.2 Å². The predicted octanol–water partition coefficient (Wildman–Crippen LogP) is 1.37. The summed E-state index contributed by atoms with van der Waals surface area (Å²) < 4.78 is 6.26. The van der Waals surface area contributed by atoms with Gasteiger partial charge in [-0.15, -0.1) is 0 Å². The van der Waals surface area contributed by atoms with Crippen molar-refractivity contribution in [3.05, 3.63) is 70.4 Å². The number of aliphatic hydroxyl groups excluding tert-OH is 1. The number of imidazole rings is 1. The average molecular weight is 509 g/mol. The van der Waals surface area contributed by atoms with Crippen LogP contribution in [-0.2, 0) is 27.3 Å². The van der Waals surface area contributed by atoms with E-state index in [-0.39, 0.29) is 18.7 Å². The number of pyridine rings is 1. The van der Waals surface area contributed by atoms with E-state index in [1.54, 1.807) is 12.3 Å². The molecule has 4 rings (SSSR count). The fourth-order valence-corrected chi connectivity index (χ4v) is 4.15. The maximum atomic E-state index is 13.1. The first-order valence-corrected chi connectivity index (χ1v) is 12.2. The van der Waals surface area contributed by atoms with Gasteiger partial charge in [0.15, 0.2) is 0 Å². The van der Waals surface area contributed by atoms with Crippen molar-refractivity contribution in [2.45, 2.75) is 51.1 Å². The Morgan fingerprint density at radius 2 is 2.14 bits per heavy atom. The van der Waals surface area contributed by atoms with Gasteiger partial charge < -0.3 is 30.4 Å². The molecule has 11 heteroatoms. The number of aromatic amines is 1. The number of primary amides is 1. The molecule has 1 fully saturated rings. The molecule has 0 aliphatic heterocycles. The molecule has 1 aliphatic carbocycles. The number of ether oxygens (including phenoxy) is 1. The first-order chi connectivity index (χ1) is 17.8. The summed E-state index contributed by atoms with van der Waals surface area (Å²) in [5, 5.41) is 15.1. The number of anilines is 1. The number of hydrogen-bond donors (Lipinski definition) is 5. The fourth-order valence-electron chi connectivity index (χ4n) is 4.15. The number of aliphatic hydroxyl groups is 1. The summed E-state index contributed by atoms with van der Waals surface area (Å²) in [7, 11) is 1.28. The SMILES string of the molecule is COC(O)N[C@@H](CC/C=C/C(N)=O)C(=O)Nc1cccn(Cc2nc3c(CC4CC4)cccc3[nH]2)c1=O. The zero-order valence-corrected chi connectivity index (χ0v) is 20.6. The lowest BCUT2D eigenvalue weighted by Crippen LogP contribution is -2.47. The third-order valence-corrected chi connectivity index (χ3v) is 6.24. The topological polar surface area (TPSA) is 164 Å². The molecule has 3 aromatic rings. The largest absolute Gasteiger partial charge is 0.366 e. The summed E-state index contributed by atoms with van der Waals surface area (Å²) >= 11 is 0. The zero-order chi connectivity index (χ0) is 26.4. The zero-order valence-electron chi connectivity index (χ0n) is 20.6. The third kappa shape index (κ3) is 7.13. The number of carbonyl (C=O) groups excluding carboxylic acids is 2. The second-order valence-electron chi connectivity index (χ2n) is 9.18. The molecule has 0 bridgehead atoms. The highest BCUT2D eigenvalue weighted by molar-refractivity contribution is 5.94. The molecule has 6 N–H and O–H groups in total. The van der Waals surface area contributed by atoms with Crippen LogP contribution in [0, 0.1) is 5.92 Å². The van der Waals surface area contributed by atoms with Gasteiger partial charge in [0.25, 0.3) is 5.56 Å². The van der Waals surface area contributed by atoms with E-state index in [1.165, 1.54) is 48.3 Å². The normalized spacial score (nSPS) is 15.2. The van der Waals surface area contributed by atoms with E-state index in [2.05, 4.69) is 21.7 Å². The maximum Gasteiger partial charge on any atom is 0.274 e. The number of nitrogens with two attached hydrogens (primary N) is 1. The number of H-pyrrole nitrogens is 1. The van der Waals surface area contributed by atoms with Crippen molar-refractivity contribution < 1.29 is 19.4 Å². The lowest BCUT2D eigenvalue weighted by molar-refractivity contribution is -0.129. The van der Waals surface area contributed by atoms with Crippen molar-refractivity contribution in [2.75, 3.05) is 12.4 Å². The highest BCUT2D eigenvalue weighted by Gasteiger charge is 2.24. The Bertz CT molecular complexity index is 1340. The molecular formula is C26H32N6O5. The quantitative estimate of drug-likeness (QED) is 0.172. The van der Waals surface area contributed by atoms with Gasteiger partial charge in [0, 0.05) is 13.3 Å². The molecule has 11 nitrogen and oxygen atoms in total. The van der Waals surface area contributed by atoms with Crippen LogP contribution in [0.15, 0.2) is 53.5 Å². The summed E-state index contributed by atoms with van der Waals surface area (Å²) in [5.41, 5.74) is 7.85. The standard InChI is InChI=1S/C26H32N6O5/c1-37-26(36)30-19(7-2-3-10-21(27)33)24(34)29-20-9-5-13-32(25(20)35)15-22-28-18-8-4-6-17(23(18)31-22)14-16-11-12-16/h3-6,8-10,13,16,19,26,30,36H,2,7,11-12,14-15H2,1H3,(H2,27,33)(H,28,31)(H,29,34)/b10-3+/t19-,26?/m0/s1. The molecule has 196 valence electrons. The Balaban J connectivity index is 1.48. The molecule has 2 amide bonds. The molecule has 0 saturated heterocycles. The monoisotopic (exact) mass is 508 g/mol. The minimum absolute atomic E-state index is 0.0874. The van der Waals surface area contributed by atoms with E-state index in [1.807, 2.05) is 12.1 Å². The van der Waals surface area contributed by atoms with Gasteiger partial charge in [0.2, 0.25) is 18.2 Å². The number of fused-ring (bicyclic) bond motifs is 1. The van der Waals surface area contributed by atoms with Crippen LogP contribution in [0.3, 0.4) is 0 Å². The summed E-state index contributed by atoms with van der Waals surface area (Å²) in [4.78, 5) is 45.0. The van der Waals surface area contributed by atoms with Crippen molar-refractivity contribution >= 4 is 28.5 Å². The van der Waals surface area contributed by atoms with Crippen molar-refractivity contribution in [1.29, 1.82) is 0 Å². The van der Waals surface area contributed by atoms with E-state index >= 15 is 0 Å². The van der Waals surface area contributed by atoms with Crippen molar-refractivity contribution in [3.63, 3.8) is 0 Å². The Hall–Kier alpha value is -3.80. The summed E-state index contributed by atoms with van der Waals surface area (Å²) in [5.74, 6) is 0.246. The fraction of sp³-hybridized carbons (Fsp3) is 0.385. The number of aromatic nitrogens is 3. The van der Waals surface area contributed by atoms with Gasteiger partial charge in [-0.2, -0.15) is 0 Å². The summed E-state index contributed by atoms with van der Waals surface area (Å²) in [6.45, 7) is 0.210. The van der Waals surface area contributed by atoms with Gasteiger partial charge >= 0.3 is 0 Å². The second-order valence-corrected chi connectivity index (χ2v) is 9.18. The molecule has 1 aromatic carbocycles. The number of rotatable bonds is 13. The number of methoxy groups -OCH3 is 1. The van der Waals surface area contributed by atoms with Gasteiger partial charge in [0.05, 0.1) is 23.6 Å². The van der Waals surface area contributed by atoms with Gasteiger partial charge in [-0.25, -0.2) is 4.98 Å². The van der Waals surface area contributed by atoms with Gasteiger partial charge in [-0.05, 0) is 67.9 Å². The van der Waals surface area contributed by atoms with Crippen LogP contribution in [0.25, 0.3) is 11.0 Å². The van der Waals surface area contributed by atoms with E-state index < -0.39 is 29.8 Å². The van der Waals surface area contributed by atoms with Crippen LogP contribution in [0.4, 0.5) is 5.69 Å². The number of nitrogens with zero attached hydrogens (tertiary/aromatic N) is 2. The van der Waals surface area contributed by atoms with Crippen LogP contribution in [0.2, 0.25) is 0 Å². The average Bonchev–Trinajstić information content (AvgIpc) is 3.59. The second kappa shape index (κ2) is 12.0. The van der Waals surface area contributed by atoms with Gasteiger partial charge in [0.1, 0.15) is 11.5 Å². The first-order valence-electron chi connectivity index (χ1n) is 12.2. The smallest absolute Gasteiger partial charge is 0.274 e. The number of amides is 2. The summed E-state index contributed by atoms with van der Waals surface area (Å²) in [6, 6.07) is 8.37. The Labute approximate surface area is 213 Å². The van der Waals surface area contributed by atoms with Crippen molar-refractivity contribution in [2.24, 2.45) is 11.7 Å². The highest BCUT2D eigenvalue weighted by atomic mass is 16.6. The molecule has 1 aliphatic rings. The molecule has 37 heavy (non-hydrogen) atoms. The van der Waals surface area contributed by atoms with E-state index in [0.717, 1.165) is 23.4 Å². The maximum absolute atomic E-state index is 13.1. The first kappa shape index (κ1) is 26.3. The van der Waals surface area contributed by atoms with Crippen molar-refractivity contribution in [3.8, 4) is 0 Å². The minimum Gasteiger partial charge on any atom is -0.366 e. The Morgan fingerprint density at radius 3 is 2.86 bits per heavy atom. The highest BCUT2D eigenvalue weighted by Crippen LogP contribution is 2.34. The number of hydrogen-bond acceptors (Lipinski definition) is 7. The molecule has 0 spiro atoms. The summed E-state index contributed by atoms with van der Waals surface area (Å²) in [6.07, 6.45) is 7.05. The third-order valence-electron chi connectivity index (χ3n) is 6.24. The number of benzene rings is 1. The molecular weight excluding hydrogens is 476 g/mol. The molecule has 2 heterocycles. The number of nitrogens with one attached hydrogen (secondary N) is 3. The van der Waals surface area contributed by atoms with E-state index in [9.17, 15) is 19.5 Å². The Kier molecular flexibility index (Phi) is 8.49.